The van der Waals surface area contributed by atoms with Gasteiger partial charge in [-0.2, -0.15) is 0 Å². The molecule has 3 N–H and O–H groups in total. The number of ether oxygens (including phenoxy) is 1. The molecule has 0 saturated heterocycles. The van der Waals surface area contributed by atoms with Gasteiger partial charge in [0.15, 0.2) is 0 Å². The molecule has 0 bridgehead atoms. The second kappa shape index (κ2) is 4.81. The Morgan fingerprint density at radius 3 is 2.56 bits per heavy atom. The standard InChI is InChI=1S/C15H24N2O/c1-10(2)12-8-13(11(3)7-14(12)18-4)17-9-15(16)5-6-15/h7-8,10,17H,5-6,9,16H2,1-4H3. The van der Waals surface area contributed by atoms with Crippen LogP contribution in [0.1, 0.15) is 43.7 Å². The van der Waals surface area contributed by atoms with Crippen molar-refractivity contribution in [3.8, 4) is 5.75 Å². The summed E-state index contributed by atoms with van der Waals surface area (Å²) in [5.74, 6) is 1.43. The van der Waals surface area contributed by atoms with Crippen LogP contribution in [0.3, 0.4) is 0 Å². The topological polar surface area (TPSA) is 47.3 Å². The maximum atomic E-state index is 6.11. The lowest BCUT2D eigenvalue weighted by molar-refractivity contribution is 0.407. The molecular weight excluding hydrogens is 224 g/mol. The summed E-state index contributed by atoms with van der Waals surface area (Å²) in [6, 6.07) is 4.30. The van der Waals surface area contributed by atoms with Crippen LogP contribution in [-0.4, -0.2) is 19.2 Å². The smallest absolute Gasteiger partial charge is 0.122 e. The lowest BCUT2D eigenvalue weighted by Crippen LogP contribution is -2.31. The minimum atomic E-state index is 0.0321. The fourth-order valence-corrected chi connectivity index (χ4v) is 2.13. The summed E-state index contributed by atoms with van der Waals surface area (Å²) in [5, 5.41) is 3.48. The highest BCUT2D eigenvalue weighted by atomic mass is 16.5. The first-order valence-electron chi connectivity index (χ1n) is 6.66. The number of nitrogens with one attached hydrogen (secondary N) is 1. The Morgan fingerprint density at radius 1 is 1.39 bits per heavy atom. The molecule has 0 radical (unpaired) electrons. The molecule has 3 nitrogen and oxygen atoms in total. The monoisotopic (exact) mass is 248 g/mol. The van der Waals surface area contributed by atoms with Crippen molar-refractivity contribution in [1.82, 2.24) is 0 Å². The molecule has 1 aliphatic carbocycles. The molecule has 0 atom stereocenters. The van der Waals surface area contributed by atoms with Crippen molar-refractivity contribution >= 4 is 5.69 Å². The Balaban J connectivity index is 2.21. The second-order valence-corrected chi connectivity index (χ2v) is 5.78. The van der Waals surface area contributed by atoms with Gasteiger partial charge in [0.2, 0.25) is 0 Å². The van der Waals surface area contributed by atoms with Crippen molar-refractivity contribution in [2.75, 3.05) is 19.0 Å². The molecule has 1 aromatic rings. The average Bonchev–Trinajstić information content (AvgIpc) is 3.05. The first kappa shape index (κ1) is 13.2. The molecule has 2 rings (SSSR count). The van der Waals surface area contributed by atoms with Gasteiger partial charge in [-0.05, 0) is 48.9 Å². The quantitative estimate of drug-likeness (QED) is 0.842. The zero-order valence-electron chi connectivity index (χ0n) is 11.8. The largest absolute Gasteiger partial charge is 0.496 e. The Morgan fingerprint density at radius 2 is 2.06 bits per heavy atom. The summed E-state index contributed by atoms with van der Waals surface area (Å²) >= 11 is 0. The molecule has 3 heteroatoms. The van der Waals surface area contributed by atoms with E-state index < -0.39 is 0 Å². The molecule has 0 unspecified atom stereocenters. The van der Waals surface area contributed by atoms with Gasteiger partial charge in [-0.25, -0.2) is 0 Å². The fraction of sp³-hybridized carbons (Fsp3) is 0.600. The lowest BCUT2D eigenvalue weighted by atomic mass is 9.99. The third-order valence-corrected chi connectivity index (χ3v) is 3.72. The van der Waals surface area contributed by atoms with E-state index >= 15 is 0 Å². The highest BCUT2D eigenvalue weighted by molar-refractivity contribution is 5.58. The summed E-state index contributed by atoms with van der Waals surface area (Å²) in [6.07, 6.45) is 2.26. The van der Waals surface area contributed by atoms with Crippen molar-refractivity contribution in [3.63, 3.8) is 0 Å². The molecule has 0 amide bonds. The number of rotatable bonds is 5. The van der Waals surface area contributed by atoms with Crippen LogP contribution < -0.4 is 15.8 Å². The van der Waals surface area contributed by atoms with Crippen LogP contribution >= 0.6 is 0 Å². The van der Waals surface area contributed by atoms with E-state index in [1.807, 2.05) is 0 Å². The van der Waals surface area contributed by atoms with Gasteiger partial charge in [0.25, 0.3) is 0 Å². The van der Waals surface area contributed by atoms with E-state index in [0.29, 0.717) is 5.92 Å². The number of hydrogen-bond acceptors (Lipinski definition) is 3. The molecule has 18 heavy (non-hydrogen) atoms. The van der Waals surface area contributed by atoms with Gasteiger partial charge in [-0.1, -0.05) is 13.8 Å². The lowest BCUT2D eigenvalue weighted by Gasteiger charge is -2.18. The van der Waals surface area contributed by atoms with E-state index in [2.05, 4.69) is 38.2 Å². The first-order chi connectivity index (χ1) is 8.45. The van der Waals surface area contributed by atoms with Gasteiger partial charge >= 0.3 is 0 Å². The van der Waals surface area contributed by atoms with Gasteiger partial charge in [-0.3, -0.25) is 0 Å². The van der Waals surface area contributed by atoms with E-state index in [-0.39, 0.29) is 5.54 Å². The summed E-state index contributed by atoms with van der Waals surface area (Å²) in [5.41, 5.74) is 9.77. The molecule has 100 valence electrons. The van der Waals surface area contributed by atoms with Crippen LogP contribution in [0.25, 0.3) is 0 Å². The molecule has 1 saturated carbocycles. The SMILES string of the molecule is COc1cc(C)c(NCC2(N)CC2)cc1C(C)C. The predicted molar refractivity (Wildman–Crippen MR) is 76.5 cm³/mol. The molecule has 1 aliphatic rings. The minimum Gasteiger partial charge on any atom is -0.496 e. The van der Waals surface area contributed by atoms with Crippen LogP contribution in [-0.2, 0) is 0 Å². The Bertz CT molecular complexity index is 436. The first-order valence-corrected chi connectivity index (χ1v) is 6.66. The molecular formula is C15H24N2O. The zero-order valence-corrected chi connectivity index (χ0v) is 11.8. The highest BCUT2D eigenvalue weighted by Crippen LogP contribution is 2.35. The van der Waals surface area contributed by atoms with Crippen molar-refractivity contribution in [1.29, 1.82) is 0 Å². The number of aryl methyl sites for hydroxylation is 1. The number of hydrogen-bond donors (Lipinski definition) is 2. The van der Waals surface area contributed by atoms with Crippen LogP contribution in [0.5, 0.6) is 5.75 Å². The van der Waals surface area contributed by atoms with Gasteiger partial charge in [0.05, 0.1) is 7.11 Å². The van der Waals surface area contributed by atoms with Gasteiger partial charge < -0.3 is 15.8 Å². The third kappa shape index (κ3) is 2.78. The molecule has 1 aromatic carbocycles. The second-order valence-electron chi connectivity index (χ2n) is 5.78. The maximum absolute atomic E-state index is 6.11. The maximum Gasteiger partial charge on any atom is 0.122 e. The van der Waals surface area contributed by atoms with Gasteiger partial charge in [-0.15, -0.1) is 0 Å². The normalized spacial score (nSPS) is 16.8. The van der Waals surface area contributed by atoms with E-state index in [0.717, 1.165) is 25.1 Å². The Labute approximate surface area is 110 Å². The van der Waals surface area contributed by atoms with Crippen molar-refractivity contribution in [2.24, 2.45) is 5.73 Å². The van der Waals surface area contributed by atoms with Crippen molar-refractivity contribution in [3.05, 3.63) is 23.3 Å². The third-order valence-electron chi connectivity index (χ3n) is 3.72. The minimum absolute atomic E-state index is 0.0321. The van der Waals surface area contributed by atoms with E-state index in [4.69, 9.17) is 10.5 Å². The summed E-state index contributed by atoms with van der Waals surface area (Å²) in [7, 11) is 1.73. The van der Waals surface area contributed by atoms with E-state index in [9.17, 15) is 0 Å². The van der Waals surface area contributed by atoms with Crippen molar-refractivity contribution < 1.29 is 4.74 Å². The Hall–Kier alpha value is -1.22. The number of anilines is 1. The molecule has 0 aliphatic heterocycles. The fourth-order valence-electron chi connectivity index (χ4n) is 2.13. The van der Waals surface area contributed by atoms with E-state index in [1.165, 1.54) is 16.8 Å². The number of benzene rings is 1. The molecule has 0 aromatic heterocycles. The van der Waals surface area contributed by atoms with E-state index in [1.54, 1.807) is 7.11 Å². The van der Waals surface area contributed by atoms with Gasteiger partial charge in [0.1, 0.15) is 5.75 Å². The molecule has 0 spiro atoms. The van der Waals surface area contributed by atoms with Crippen molar-refractivity contribution in [2.45, 2.75) is 45.1 Å². The zero-order chi connectivity index (χ0) is 13.3. The predicted octanol–water partition coefficient (Wildman–Crippen LogP) is 3.03. The molecule has 0 heterocycles. The Kier molecular flexibility index (Phi) is 3.53. The molecule has 1 fully saturated rings. The summed E-state index contributed by atoms with van der Waals surface area (Å²) in [4.78, 5) is 0. The highest BCUT2D eigenvalue weighted by Gasteiger charge is 2.37. The van der Waals surface area contributed by atoms with Crippen LogP contribution in [0, 0.1) is 6.92 Å². The summed E-state index contributed by atoms with van der Waals surface area (Å²) < 4.78 is 5.45. The van der Waals surface area contributed by atoms with Crippen LogP contribution in [0.15, 0.2) is 12.1 Å². The number of methoxy groups -OCH3 is 1. The van der Waals surface area contributed by atoms with Gasteiger partial charge in [0, 0.05) is 17.8 Å². The average molecular weight is 248 g/mol. The van der Waals surface area contributed by atoms with Crippen LogP contribution in [0.4, 0.5) is 5.69 Å². The summed E-state index contributed by atoms with van der Waals surface area (Å²) in [6.45, 7) is 7.33. The number of nitrogens with two attached hydrogens (primary N) is 1. The van der Waals surface area contributed by atoms with Crippen LogP contribution in [0.2, 0.25) is 0 Å².